The molecule has 2 aliphatic rings. The Balaban J connectivity index is 2.03. The largest absolute Gasteiger partial charge is 0.465 e. The maximum atomic E-state index is 11.4. The summed E-state index contributed by atoms with van der Waals surface area (Å²) in [5.74, 6) is -0.528. The predicted molar refractivity (Wildman–Crippen MR) is 47.5 cm³/mol. The highest BCUT2D eigenvalue weighted by Gasteiger charge is 2.54. The van der Waals surface area contributed by atoms with Crippen LogP contribution in [0.2, 0.25) is 0 Å². The first-order valence-corrected chi connectivity index (χ1v) is 4.94. The summed E-state index contributed by atoms with van der Waals surface area (Å²) < 4.78 is 4.87. The second kappa shape index (κ2) is 3.49. The highest BCUT2D eigenvalue weighted by molar-refractivity contribution is 5.77. The van der Waals surface area contributed by atoms with Crippen LogP contribution in [0.1, 0.15) is 13.3 Å². The fourth-order valence-corrected chi connectivity index (χ4v) is 2.41. The van der Waals surface area contributed by atoms with Gasteiger partial charge in [0.1, 0.15) is 6.04 Å². The van der Waals surface area contributed by atoms with E-state index in [1.807, 2.05) is 0 Å². The number of fused-ring (bicyclic) bond motifs is 2. The van der Waals surface area contributed by atoms with Crippen LogP contribution in [0.5, 0.6) is 0 Å². The van der Waals surface area contributed by atoms with Gasteiger partial charge in [0.25, 0.3) is 0 Å². The van der Waals surface area contributed by atoms with E-state index in [-0.39, 0.29) is 17.9 Å². The normalized spacial score (nSPS) is 45.5. The summed E-state index contributed by atoms with van der Waals surface area (Å²) in [4.78, 5) is 11.4. The Hall–Kier alpha value is -0.650. The van der Waals surface area contributed by atoms with Crippen LogP contribution >= 0.6 is 0 Å². The number of hydrogen-bond acceptors (Lipinski definition) is 5. The van der Waals surface area contributed by atoms with E-state index in [1.165, 1.54) is 0 Å². The van der Waals surface area contributed by atoms with Crippen LogP contribution in [0.4, 0.5) is 0 Å². The quantitative estimate of drug-likeness (QED) is 0.480. The van der Waals surface area contributed by atoms with Crippen LogP contribution < -0.4 is 5.32 Å². The van der Waals surface area contributed by atoms with Gasteiger partial charge in [-0.05, 0) is 13.3 Å². The molecule has 1 heterocycles. The van der Waals surface area contributed by atoms with Crippen LogP contribution in [0, 0.1) is 5.92 Å². The summed E-state index contributed by atoms with van der Waals surface area (Å²) in [5, 5.41) is 22.0. The summed E-state index contributed by atoms with van der Waals surface area (Å²) >= 11 is 0. The van der Waals surface area contributed by atoms with E-state index in [9.17, 15) is 15.0 Å². The number of rotatable bonds is 2. The molecule has 1 aliphatic carbocycles. The molecular weight excluding hydrogens is 186 g/mol. The molecule has 5 heteroatoms. The second-order valence-corrected chi connectivity index (χ2v) is 3.88. The molecule has 1 saturated carbocycles. The highest BCUT2D eigenvalue weighted by Crippen LogP contribution is 2.36. The van der Waals surface area contributed by atoms with Crippen molar-refractivity contribution in [3.8, 4) is 0 Å². The van der Waals surface area contributed by atoms with Crippen molar-refractivity contribution in [1.82, 2.24) is 5.32 Å². The fraction of sp³-hybridized carbons (Fsp3) is 0.889. The molecule has 2 rings (SSSR count). The average molecular weight is 201 g/mol. The highest BCUT2D eigenvalue weighted by atomic mass is 16.5. The van der Waals surface area contributed by atoms with Gasteiger partial charge in [0, 0.05) is 5.92 Å². The number of aliphatic hydroxyl groups excluding tert-OH is 2. The Morgan fingerprint density at radius 1 is 1.57 bits per heavy atom. The summed E-state index contributed by atoms with van der Waals surface area (Å²) in [6, 6.07) is -0.812. The number of hydrogen-bond donors (Lipinski definition) is 3. The monoisotopic (exact) mass is 201 g/mol. The lowest BCUT2D eigenvalue weighted by Crippen LogP contribution is -2.48. The van der Waals surface area contributed by atoms with Gasteiger partial charge in [0.05, 0.1) is 24.9 Å². The average Bonchev–Trinajstić information content (AvgIpc) is 2.58. The minimum absolute atomic E-state index is 0.200. The molecule has 0 unspecified atom stereocenters. The molecule has 0 radical (unpaired) electrons. The van der Waals surface area contributed by atoms with Gasteiger partial charge in [0.2, 0.25) is 0 Å². The first kappa shape index (κ1) is 9.89. The van der Waals surface area contributed by atoms with E-state index in [2.05, 4.69) is 5.32 Å². The molecule has 0 aromatic rings. The smallest absolute Gasteiger partial charge is 0.323 e. The zero-order chi connectivity index (χ0) is 10.3. The number of aliphatic hydroxyl groups is 2. The number of carbonyl (C=O) groups is 1. The molecule has 2 bridgehead atoms. The van der Waals surface area contributed by atoms with E-state index >= 15 is 0 Å². The maximum absolute atomic E-state index is 11.4. The van der Waals surface area contributed by atoms with Crippen molar-refractivity contribution in [2.75, 3.05) is 6.61 Å². The minimum Gasteiger partial charge on any atom is -0.465 e. The van der Waals surface area contributed by atoms with E-state index in [1.54, 1.807) is 6.92 Å². The fourth-order valence-electron chi connectivity index (χ4n) is 2.41. The van der Waals surface area contributed by atoms with E-state index in [0.717, 1.165) is 0 Å². The molecule has 0 aromatic heterocycles. The van der Waals surface area contributed by atoms with Crippen LogP contribution in [0.3, 0.4) is 0 Å². The van der Waals surface area contributed by atoms with E-state index in [4.69, 9.17) is 4.74 Å². The van der Waals surface area contributed by atoms with Crippen LogP contribution in [0.25, 0.3) is 0 Å². The molecule has 80 valence electrons. The van der Waals surface area contributed by atoms with E-state index < -0.39 is 18.2 Å². The van der Waals surface area contributed by atoms with Crippen molar-refractivity contribution in [3.63, 3.8) is 0 Å². The van der Waals surface area contributed by atoms with Crippen LogP contribution in [0.15, 0.2) is 0 Å². The SMILES string of the molecule is CCOC(=O)[C@H]1N[C@@H]2[C@H](O)[C@@H]1C[C@H]2O. The lowest BCUT2D eigenvalue weighted by atomic mass is 9.98. The zero-order valence-corrected chi connectivity index (χ0v) is 8.01. The molecule has 0 spiro atoms. The molecule has 14 heavy (non-hydrogen) atoms. The Bertz CT molecular complexity index is 245. The lowest BCUT2D eigenvalue weighted by Gasteiger charge is -2.23. The van der Waals surface area contributed by atoms with Crippen molar-refractivity contribution in [2.24, 2.45) is 5.92 Å². The van der Waals surface area contributed by atoms with Crippen molar-refractivity contribution in [2.45, 2.75) is 37.6 Å². The molecule has 1 saturated heterocycles. The molecule has 5 atom stereocenters. The van der Waals surface area contributed by atoms with Crippen LogP contribution in [-0.2, 0) is 9.53 Å². The Morgan fingerprint density at radius 3 is 2.71 bits per heavy atom. The van der Waals surface area contributed by atoms with Gasteiger partial charge >= 0.3 is 5.97 Å². The molecule has 1 aliphatic heterocycles. The molecule has 0 aromatic carbocycles. The van der Waals surface area contributed by atoms with Crippen molar-refractivity contribution in [1.29, 1.82) is 0 Å². The van der Waals surface area contributed by atoms with Crippen molar-refractivity contribution < 1.29 is 19.7 Å². The summed E-state index contributed by atoms with van der Waals surface area (Å²) in [7, 11) is 0. The Morgan fingerprint density at radius 2 is 2.29 bits per heavy atom. The lowest BCUT2D eigenvalue weighted by molar-refractivity contribution is -0.147. The van der Waals surface area contributed by atoms with Crippen molar-refractivity contribution >= 4 is 5.97 Å². The first-order chi connectivity index (χ1) is 6.65. The van der Waals surface area contributed by atoms with Gasteiger partial charge in [-0.3, -0.25) is 10.1 Å². The van der Waals surface area contributed by atoms with Crippen molar-refractivity contribution in [3.05, 3.63) is 0 Å². The van der Waals surface area contributed by atoms with Gasteiger partial charge in [-0.1, -0.05) is 0 Å². The third-order valence-corrected chi connectivity index (χ3v) is 3.08. The van der Waals surface area contributed by atoms with Gasteiger partial charge in [0.15, 0.2) is 0 Å². The van der Waals surface area contributed by atoms with Crippen LogP contribution in [-0.4, -0.2) is 47.1 Å². The summed E-state index contributed by atoms with van der Waals surface area (Å²) in [6.45, 7) is 2.09. The third kappa shape index (κ3) is 1.32. The third-order valence-electron chi connectivity index (χ3n) is 3.08. The number of nitrogens with one attached hydrogen (secondary N) is 1. The first-order valence-electron chi connectivity index (χ1n) is 4.94. The number of esters is 1. The predicted octanol–water partition coefficient (Wildman–Crippen LogP) is -1.37. The van der Waals surface area contributed by atoms with Gasteiger partial charge in [-0.25, -0.2) is 0 Å². The summed E-state index contributed by atoms with van der Waals surface area (Å²) in [5.41, 5.74) is 0. The Kier molecular flexibility index (Phi) is 2.47. The van der Waals surface area contributed by atoms with Gasteiger partial charge in [-0.2, -0.15) is 0 Å². The number of ether oxygens (including phenoxy) is 1. The van der Waals surface area contributed by atoms with Gasteiger partial charge < -0.3 is 14.9 Å². The molecular formula is C9H15NO4. The zero-order valence-electron chi connectivity index (χ0n) is 8.01. The molecule has 5 nitrogen and oxygen atoms in total. The van der Waals surface area contributed by atoms with Gasteiger partial charge in [-0.15, -0.1) is 0 Å². The van der Waals surface area contributed by atoms with E-state index in [0.29, 0.717) is 13.0 Å². The maximum Gasteiger partial charge on any atom is 0.323 e. The Labute approximate surface area is 82.1 Å². The molecule has 0 amide bonds. The molecule has 2 fully saturated rings. The standard InChI is InChI=1S/C9H15NO4/c1-2-14-9(13)6-4-3-5(11)7(10-6)8(4)12/h4-8,10-12H,2-3H2,1H3/t4-,5-,6+,7+,8-/m1/s1. The number of carbonyl (C=O) groups excluding carboxylic acids is 1. The second-order valence-electron chi connectivity index (χ2n) is 3.88. The molecule has 3 N–H and O–H groups in total. The number of piperidine rings is 1. The topological polar surface area (TPSA) is 78.8 Å². The minimum atomic E-state index is -0.626. The summed E-state index contributed by atoms with van der Waals surface area (Å²) in [6.07, 6.45) is -0.692.